The number of rotatable bonds is 10. The van der Waals surface area contributed by atoms with Gasteiger partial charge < -0.3 is 15.2 Å². The van der Waals surface area contributed by atoms with Crippen molar-refractivity contribution in [1.82, 2.24) is 19.5 Å². The SMILES string of the molecule is Nc1nc(Sc2ccccc2)c2ncn(CC3(OOP(=O)(O)C(CC(F)(F)F)CC(F)(F)F)CC3)c2n1. The molecule has 1 unspecified atom stereocenters. The summed E-state index contributed by atoms with van der Waals surface area (Å²) >= 11 is 1.29. The molecule has 1 fully saturated rings. The van der Waals surface area contributed by atoms with E-state index in [4.69, 9.17) is 10.6 Å². The number of nitrogens with zero attached hydrogens (tertiary/aromatic N) is 4. The first kappa shape index (κ1) is 27.6. The third-order valence-electron chi connectivity index (χ3n) is 5.39. The van der Waals surface area contributed by atoms with Gasteiger partial charge in [0.1, 0.15) is 16.1 Å². The number of fused-ring (bicyclic) bond motifs is 1. The van der Waals surface area contributed by atoms with E-state index >= 15 is 0 Å². The summed E-state index contributed by atoms with van der Waals surface area (Å²) in [6.45, 7) is -0.0708. The highest BCUT2D eigenvalue weighted by atomic mass is 32.2. The number of benzene rings is 1. The minimum Gasteiger partial charge on any atom is -0.368 e. The first-order valence-electron chi connectivity index (χ1n) is 10.7. The van der Waals surface area contributed by atoms with E-state index in [0.29, 0.717) is 16.2 Å². The fraction of sp³-hybridized carbons (Fsp3) is 0.450. The molecule has 0 radical (unpaired) electrons. The van der Waals surface area contributed by atoms with Gasteiger partial charge in [0.05, 0.1) is 31.4 Å². The Morgan fingerprint density at radius 1 is 1.11 bits per heavy atom. The van der Waals surface area contributed by atoms with Crippen molar-refractivity contribution in [1.29, 1.82) is 0 Å². The zero-order chi connectivity index (χ0) is 27.1. The number of aromatic nitrogens is 4. The van der Waals surface area contributed by atoms with E-state index in [1.165, 1.54) is 22.7 Å². The fourth-order valence-electron chi connectivity index (χ4n) is 3.47. The third-order valence-corrected chi connectivity index (χ3v) is 7.95. The van der Waals surface area contributed by atoms with E-state index in [-0.39, 0.29) is 25.3 Å². The maximum atomic E-state index is 12.8. The van der Waals surface area contributed by atoms with Crippen molar-refractivity contribution in [2.75, 3.05) is 5.73 Å². The van der Waals surface area contributed by atoms with Gasteiger partial charge in [-0.2, -0.15) is 31.3 Å². The first-order chi connectivity index (χ1) is 17.1. The minimum absolute atomic E-state index is 0.0586. The molecule has 1 aliphatic rings. The lowest BCUT2D eigenvalue weighted by atomic mass is 10.2. The summed E-state index contributed by atoms with van der Waals surface area (Å²) < 4.78 is 94.9. The van der Waals surface area contributed by atoms with Crippen LogP contribution >= 0.6 is 19.4 Å². The molecule has 1 aliphatic carbocycles. The lowest BCUT2D eigenvalue weighted by Gasteiger charge is -2.25. The van der Waals surface area contributed by atoms with Crippen LogP contribution < -0.4 is 5.73 Å². The molecule has 1 aromatic carbocycles. The molecule has 202 valence electrons. The summed E-state index contributed by atoms with van der Waals surface area (Å²) in [4.78, 5) is 28.5. The largest absolute Gasteiger partial charge is 0.390 e. The molecule has 0 aliphatic heterocycles. The molecule has 9 nitrogen and oxygen atoms in total. The van der Waals surface area contributed by atoms with Gasteiger partial charge in [-0.25, -0.2) is 14.9 Å². The highest BCUT2D eigenvalue weighted by molar-refractivity contribution is 7.99. The zero-order valence-electron chi connectivity index (χ0n) is 18.7. The number of hydrogen-bond donors (Lipinski definition) is 2. The maximum absolute atomic E-state index is 12.8. The number of nitrogens with two attached hydrogens (primary N) is 1. The molecular formula is C20H20F6N5O4PS. The number of alkyl halides is 6. The van der Waals surface area contributed by atoms with Crippen molar-refractivity contribution in [3.63, 3.8) is 0 Å². The summed E-state index contributed by atoms with van der Waals surface area (Å²) in [5.74, 6) is -0.0586. The molecule has 1 atom stereocenters. The van der Waals surface area contributed by atoms with Gasteiger partial charge in [0.2, 0.25) is 5.95 Å². The Morgan fingerprint density at radius 3 is 2.30 bits per heavy atom. The van der Waals surface area contributed by atoms with E-state index < -0.39 is 44.1 Å². The predicted molar refractivity (Wildman–Crippen MR) is 119 cm³/mol. The second kappa shape index (κ2) is 10.1. The molecule has 0 bridgehead atoms. The van der Waals surface area contributed by atoms with Crippen LogP contribution in [0.2, 0.25) is 0 Å². The van der Waals surface area contributed by atoms with Crippen LogP contribution in [0.5, 0.6) is 0 Å². The van der Waals surface area contributed by atoms with Gasteiger partial charge in [-0.15, -0.1) is 4.67 Å². The highest BCUT2D eigenvalue weighted by Crippen LogP contribution is 2.57. The van der Waals surface area contributed by atoms with Crippen LogP contribution in [-0.4, -0.2) is 48.0 Å². The van der Waals surface area contributed by atoms with Crippen LogP contribution in [-0.2, 0) is 20.7 Å². The molecular weight excluding hydrogens is 551 g/mol. The second-order valence-corrected chi connectivity index (χ2v) is 11.6. The van der Waals surface area contributed by atoms with Crippen LogP contribution in [0.3, 0.4) is 0 Å². The summed E-state index contributed by atoms with van der Waals surface area (Å²) in [6, 6.07) is 9.23. The molecule has 17 heteroatoms. The molecule has 3 aromatic rings. The highest BCUT2D eigenvalue weighted by Gasteiger charge is 2.52. The smallest absolute Gasteiger partial charge is 0.368 e. The number of anilines is 1. The second-order valence-electron chi connectivity index (χ2n) is 8.54. The average molecular weight is 571 g/mol. The minimum atomic E-state index is -5.48. The van der Waals surface area contributed by atoms with Crippen molar-refractivity contribution in [3.8, 4) is 0 Å². The predicted octanol–water partition coefficient (Wildman–Crippen LogP) is 5.50. The summed E-state index contributed by atoms with van der Waals surface area (Å²) in [5, 5.41) is 0.455. The van der Waals surface area contributed by atoms with E-state index in [2.05, 4.69) is 19.6 Å². The summed E-state index contributed by atoms with van der Waals surface area (Å²) in [7, 11) is -5.48. The molecule has 0 saturated heterocycles. The van der Waals surface area contributed by atoms with E-state index in [9.17, 15) is 35.8 Å². The van der Waals surface area contributed by atoms with Crippen molar-refractivity contribution in [2.24, 2.45) is 0 Å². The van der Waals surface area contributed by atoms with Crippen LogP contribution in [0.25, 0.3) is 11.2 Å². The van der Waals surface area contributed by atoms with E-state index in [1.807, 2.05) is 30.3 Å². The molecule has 4 rings (SSSR count). The normalized spacial score (nSPS) is 17.3. The Kier molecular flexibility index (Phi) is 7.51. The summed E-state index contributed by atoms with van der Waals surface area (Å²) in [6.07, 6.45) is -12.7. The number of nitrogen functional groups attached to an aromatic ring is 1. The van der Waals surface area contributed by atoms with Gasteiger partial charge in [0.15, 0.2) is 5.65 Å². The van der Waals surface area contributed by atoms with Crippen LogP contribution in [0, 0.1) is 0 Å². The van der Waals surface area contributed by atoms with Gasteiger partial charge in [0.25, 0.3) is 0 Å². The van der Waals surface area contributed by atoms with Crippen molar-refractivity contribution in [3.05, 3.63) is 36.7 Å². The lowest BCUT2D eigenvalue weighted by molar-refractivity contribution is -0.268. The molecule has 3 N–H and O–H groups in total. The van der Waals surface area contributed by atoms with Gasteiger partial charge in [0, 0.05) is 4.90 Å². The van der Waals surface area contributed by atoms with E-state index in [1.54, 1.807) is 0 Å². The first-order valence-corrected chi connectivity index (χ1v) is 13.2. The van der Waals surface area contributed by atoms with Crippen LogP contribution in [0.4, 0.5) is 32.3 Å². The molecule has 37 heavy (non-hydrogen) atoms. The molecule has 2 heterocycles. The van der Waals surface area contributed by atoms with Crippen LogP contribution in [0.15, 0.2) is 46.6 Å². The average Bonchev–Trinajstić information content (AvgIpc) is 3.43. The molecule has 0 spiro atoms. The van der Waals surface area contributed by atoms with Crippen molar-refractivity contribution >= 4 is 36.5 Å². The Hall–Kier alpha value is -2.39. The van der Waals surface area contributed by atoms with Crippen molar-refractivity contribution in [2.45, 2.75) is 65.8 Å². The fourth-order valence-corrected chi connectivity index (χ4v) is 5.63. The Labute approximate surface area is 209 Å². The van der Waals surface area contributed by atoms with Gasteiger partial charge in [-0.3, -0.25) is 4.57 Å². The van der Waals surface area contributed by atoms with Gasteiger partial charge in [-0.1, -0.05) is 30.0 Å². The molecule has 1 saturated carbocycles. The zero-order valence-corrected chi connectivity index (χ0v) is 20.4. The van der Waals surface area contributed by atoms with Gasteiger partial charge in [-0.05, 0) is 25.0 Å². The molecule has 0 amide bonds. The Bertz CT molecular complexity index is 1290. The molecule has 2 aromatic heterocycles. The third kappa shape index (κ3) is 7.35. The van der Waals surface area contributed by atoms with Crippen molar-refractivity contribution < 1.29 is 45.4 Å². The number of hydrogen-bond acceptors (Lipinski definition) is 8. The number of imidazole rings is 1. The maximum Gasteiger partial charge on any atom is 0.390 e. The lowest BCUT2D eigenvalue weighted by Crippen LogP contribution is -2.28. The Balaban J connectivity index is 1.50. The quantitative estimate of drug-likeness (QED) is 0.107. The Morgan fingerprint density at radius 2 is 1.73 bits per heavy atom. The van der Waals surface area contributed by atoms with Crippen LogP contribution in [0.1, 0.15) is 25.7 Å². The summed E-state index contributed by atoms with van der Waals surface area (Å²) in [5.41, 5.74) is 2.48. The monoisotopic (exact) mass is 571 g/mol. The number of halogens is 6. The standard InChI is InChI=1S/C20H20F6N5O4PS/c21-19(22,23)8-12(9-20(24,25)26)36(32,33)35-34-18(6-7-18)10-31-11-28-14-15(31)29-17(27)30-16(14)37-13-4-2-1-3-5-13/h1-5,11-12H,6-10H2,(H,32,33)(H2,27,29,30). The van der Waals surface area contributed by atoms with Gasteiger partial charge >= 0.3 is 19.9 Å². The topological polar surface area (TPSA) is 125 Å². The van der Waals surface area contributed by atoms with E-state index in [0.717, 1.165) is 4.90 Å².